The molecule has 0 aromatic heterocycles. The van der Waals surface area contributed by atoms with Gasteiger partial charge in [-0.1, -0.05) is 32.9 Å². The molecule has 3 heteroatoms. The average Bonchev–Trinajstić information content (AvgIpc) is 3.21. The topological polar surface area (TPSA) is 32.8 Å². The molecule has 3 nitrogen and oxygen atoms in total. The number of rotatable bonds is 1. The van der Waals surface area contributed by atoms with Crippen LogP contribution in [0.25, 0.3) is 0 Å². The van der Waals surface area contributed by atoms with Gasteiger partial charge in [-0.25, -0.2) is 0 Å². The lowest BCUT2D eigenvalue weighted by Gasteiger charge is -2.34. The van der Waals surface area contributed by atoms with Crippen LogP contribution < -0.4 is 4.90 Å². The van der Waals surface area contributed by atoms with Crippen LogP contribution in [-0.2, 0) is 14.9 Å². The average molecular weight is 313 g/mol. The summed E-state index contributed by atoms with van der Waals surface area (Å²) < 4.78 is 5.61. The normalized spacial score (nSPS) is 33.7. The van der Waals surface area contributed by atoms with Crippen LogP contribution in [0.4, 0.5) is 5.69 Å². The molecule has 2 heterocycles. The van der Waals surface area contributed by atoms with Crippen LogP contribution in [-0.4, -0.2) is 24.7 Å². The van der Waals surface area contributed by atoms with Crippen molar-refractivity contribution in [3.8, 4) is 0 Å². The van der Waals surface area contributed by atoms with Gasteiger partial charge in [0.25, 0.3) is 0 Å². The minimum Gasteiger partial charge on any atom is -0.370 e. The summed E-state index contributed by atoms with van der Waals surface area (Å²) in [5.74, 6) is 0.344. The lowest BCUT2D eigenvalue weighted by atomic mass is 9.69. The molecule has 3 fully saturated rings. The Morgan fingerprint density at radius 1 is 1.00 bits per heavy atom. The third-order valence-electron chi connectivity index (χ3n) is 6.23. The summed E-state index contributed by atoms with van der Waals surface area (Å²) in [7, 11) is 0. The molecule has 1 saturated carbocycles. The van der Waals surface area contributed by atoms with E-state index in [2.05, 4.69) is 45.0 Å². The molecule has 2 spiro atoms. The van der Waals surface area contributed by atoms with E-state index in [0.717, 1.165) is 50.9 Å². The van der Waals surface area contributed by atoms with Crippen molar-refractivity contribution >= 4 is 11.6 Å². The molecule has 0 unspecified atom stereocenters. The first kappa shape index (κ1) is 15.2. The first-order chi connectivity index (χ1) is 10.8. The van der Waals surface area contributed by atoms with E-state index in [-0.39, 0.29) is 16.4 Å². The summed E-state index contributed by atoms with van der Waals surface area (Å²) >= 11 is 0. The fourth-order valence-electron chi connectivity index (χ4n) is 4.25. The van der Waals surface area contributed by atoms with Crippen LogP contribution in [0, 0.1) is 5.41 Å². The lowest BCUT2D eigenvalue weighted by Crippen LogP contribution is -2.39. The van der Waals surface area contributed by atoms with Gasteiger partial charge in [0, 0.05) is 12.2 Å². The van der Waals surface area contributed by atoms with Crippen molar-refractivity contribution in [2.24, 2.45) is 5.41 Å². The van der Waals surface area contributed by atoms with Crippen molar-refractivity contribution in [1.82, 2.24) is 0 Å². The highest BCUT2D eigenvalue weighted by Gasteiger charge is 2.56. The third-order valence-corrected chi connectivity index (χ3v) is 6.23. The molecule has 124 valence electrons. The van der Waals surface area contributed by atoms with Crippen LogP contribution in [0.2, 0.25) is 0 Å². The lowest BCUT2D eigenvalue weighted by molar-refractivity contribution is -0.127. The molecule has 0 radical (unpaired) electrons. The minimum absolute atomic E-state index is 0.111. The highest BCUT2D eigenvalue weighted by molar-refractivity contribution is 6.00. The summed E-state index contributed by atoms with van der Waals surface area (Å²) in [6.07, 6.45) is 5.14. The van der Waals surface area contributed by atoms with Gasteiger partial charge in [-0.05, 0) is 55.2 Å². The number of anilines is 1. The number of epoxide rings is 1. The number of benzene rings is 1. The summed E-state index contributed by atoms with van der Waals surface area (Å²) in [6, 6.07) is 8.57. The van der Waals surface area contributed by atoms with Crippen molar-refractivity contribution in [1.29, 1.82) is 0 Å². The van der Waals surface area contributed by atoms with Gasteiger partial charge in [-0.3, -0.25) is 4.79 Å². The van der Waals surface area contributed by atoms with Crippen LogP contribution in [0.1, 0.15) is 58.4 Å². The predicted molar refractivity (Wildman–Crippen MR) is 91.7 cm³/mol. The highest BCUT2D eigenvalue weighted by Crippen LogP contribution is 2.53. The number of hydrogen-bond donors (Lipinski definition) is 0. The zero-order chi connectivity index (χ0) is 16.3. The van der Waals surface area contributed by atoms with Gasteiger partial charge in [-0.2, -0.15) is 0 Å². The maximum Gasteiger partial charge on any atom is 0.233 e. The van der Waals surface area contributed by atoms with Crippen molar-refractivity contribution in [3.05, 3.63) is 29.8 Å². The maximum atomic E-state index is 13.1. The SMILES string of the molecule is CC(C)(C)c1ccc(N2CCC3(CCC4(CC3)CO4)C2=O)cc1. The van der Waals surface area contributed by atoms with Crippen molar-refractivity contribution in [3.63, 3.8) is 0 Å². The molecule has 23 heavy (non-hydrogen) atoms. The Hall–Kier alpha value is -1.35. The molecule has 2 aliphatic heterocycles. The number of amides is 1. The molecule has 1 aromatic carbocycles. The Morgan fingerprint density at radius 2 is 1.61 bits per heavy atom. The zero-order valence-corrected chi connectivity index (χ0v) is 14.5. The molecule has 0 bridgehead atoms. The molecule has 1 amide bonds. The Morgan fingerprint density at radius 3 is 2.13 bits per heavy atom. The molecule has 2 saturated heterocycles. The Bertz CT molecular complexity index is 612. The van der Waals surface area contributed by atoms with Crippen LogP contribution in [0.15, 0.2) is 24.3 Å². The molecule has 3 aliphatic rings. The van der Waals surface area contributed by atoms with E-state index in [1.807, 2.05) is 4.90 Å². The van der Waals surface area contributed by atoms with Crippen molar-refractivity contribution in [2.75, 3.05) is 18.1 Å². The van der Waals surface area contributed by atoms with Crippen LogP contribution in [0.5, 0.6) is 0 Å². The first-order valence-electron chi connectivity index (χ1n) is 8.90. The minimum atomic E-state index is -0.111. The molecular formula is C20H27NO2. The van der Waals surface area contributed by atoms with Gasteiger partial charge < -0.3 is 9.64 Å². The fourth-order valence-corrected chi connectivity index (χ4v) is 4.25. The summed E-state index contributed by atoms with van der Waals surface area (Å²) in [4.78, 5) is 15.1. The number of nitrogens with zero attached hydrogens (tertiary/aromatic N) is 1. The number of carbonyl (C=O) groups is 1. The third kappa shape index (κ3) is 2.50. The maximum absolute atomic E-state index is 13.1. The zero-order valence-electron chi connectivity index (χ0n) is 14.5. The standard InChI is InChI=1S/C20H27NO2/c1-18(2,3)15-4-6-16(7-5-15)21-13-12-19(17(21)22)8-10-20(11-9-19)14-23-20/h4-7H,8-14H2,1-3H3. The Balaban J connectivity index is 1.51. The van der Waals surface area contributed by atoms with Crippen molar-refractivity contribution < 1.29 is 9.53 Å². The van der Waals surface area contributed by atoms with Crippen molar-refractivity contribution in [2.45, 2.75) is 63.9 Å². The van der Waals surface area contributed by atoms with Gasteiger partial charge in [0.2, 0.25) is 5.91 Å². The van der Waals surface area contributed by atoms with Gasteiger partial charge in [0.05, 0.1) is 17.6 Å². The van der Waals surface area contributed by atoms with E-state index in [0.29, 0.717) is 5.91 Å². The van der Waals surface area contributed by atoms with Gasteiger partial charge >= 0.3 is 0 Å². The van der Waals surface area contributed by atoms with E-state index in [1.165, 1.54) is 5.56 Å². The number of carbonyl (C=O) groups excluding carboxylic acids is 1. The Kier molecular flexibility index (Phi) is 3.19. The predicted octanol–water partition coefficient (Wildman–Crippen LogP) is 4.05. The van der Waals surface area contributed by atoms with E-state index in [1.54, 1.807) is 0 Å². The van der Waals surface area contributed by atoms with Crippen LogP contribution in [0.3, 0.4) is 0 Å². The first-order valence-corrected chi connectivity index (χ1v) is 8.90. The molecule has 0 atom stereocenters. The van der Waals surface area contributed by atoms with Gasteiger partial charge in [0.15, 0.2) is 0 Å². The van der Waals surface area contributed by atoms with E-state index in [4.69, 9.17) is 4.74 Å². The van der Waals surface area contributed by atoms with Crippen LogP contribution >= 0.6 is 0 Å². The quantitative estimate of drug-likeness (QED) is 0.733. The van der Waals surface area contributed by atoms with E-state index >= 15 is 0 Å². The monoisotopic (exact) mass is 313 g/mol. The Labute approximate surface area is 139 Å². The smallest absolute Gasteiger partial charge is 0.233 e. The fraction of sp³-hybridized carbons (Fsp3) is 0.650. The van der Waals surface area contributed by atoms with E-state index < -0.39 is 0 Å². The molecular weight excluding hydrogens is 286 g/mol. The summed E-state index contributed by atoms with van der Waals surface area (Å²) in [5, 5.41) is 0. The molecule has 1 aromatic rings. The second kappa shape index (κ2) is 4.83. The van der Waals surface area contributed by atoms with Gasteiger partial charge in [-0.15, -0.1) is 0 Å². The largest absolute Gasteiger partial charge is 0.370 e. The van der Waals surface area contributed by atoms with E-state index in [9.17, 15) is 4.79 Å². The second-order valence-corrected chi connectivity index (χ2v) is 8.76. The summed E-state index contributed by atoms with van der Waals surface area (Å²) in [5.41, 5.74) is 2.57. The summed E-state index contributed by atoms with van der Waals surface area (Å²) in [6.45, 7) is 8.43. The van der Waals surface area contributed by atoms with Gasteiger partial charge in [0.1, 0.15) is 0 Å². The second-order valence-electron chi connectivity index (χ2n) is 8.76. The number of ether oxygens (including phenoxy) is 1. The highest BCUT2D eigenvalue weighted by atomic mass is 16.6. The molecule has 0 N–H and O–H groups in total. The molecule has 4 rings (SSSR count). The molecule has 1 aliphatic carbocycles. The number of hydrogen-bond acceptors (Lipinski definition) is 2.